The number of amides is 1. The van der Waals surface area contributed by atoms with Crippen LogP contribution in [0, 0.1) is 5.82 Å². The van der Waals surface area contributed by atoms with Gasteiger partial charge in [0.15, 0.2) is 11.6 Å². The zero-order valence-corrected chi connectivity index (χ0v) is 12.5. The van der Waals surface area contributed by atoms with Crippen molar-refractivity contribution in [2.24, 2.45) is 0 Å². The number of nitrogens with one attached hydrogen (secondary N) is 1. The number of para-hydroxylation sites is 1. The Morgan fingerprint density at radius 2 is 2.05 bits per heavy atom. The van der Waals surface area contributed by atoms with Crippen molar-refractivity contribution in [1.29, 1.82) is 0 Å². The van der Waals surface area contributed by atoms with Gasteiger partial charge >= 0.3 is 0 Å². The maximum Gasteiger partial charge on any atom is 0.234 e. The number of hydrogen-bond donors (Lipinski definition) is 1. The normalized spacial score (nSPS) is 10.5. The van der Waals surface area contributed by atoms with E-state index in [1.807, 2.05) is 14.1 Å². The first-order valence-electron chi connectivity index (χ1n) is 6.84. The summed E-state index contributed by atoms with van der Waals surface area (Å²) in [5.74, 6) is -0.193. The lowest BCUT2D eigenvalue weighted by Gasteiger charge is -2.12. The molecule has 1 amide bonds. The number of hydrogen-bond acceptors (Lipinski definition) is 4. The largest absolute Gasteiger partial charge is 0.436 e. The van der Waals surface area contributed by atoms with Gasteiger partial charge in [-0.1, -0.05) is 18.2 Å². The molecule has 0 atom stereocenters. The van der Waals surface area contributed by atoms with Crippen LogP contribution in [0.5, 0.6) is 11.6 Å². The van der Waals surface area contributed by atoms with Crippen molar-refractivity contribution in [1.82, 2.24) is 15.2 Å². The molecule has 1 aromatic carbocycles. The Morgan fingerprint density at radius 3 is 2.77 bits per heavy atom. The predicted octanol–water partition coefficient (Wildman–Crippen LogP) is 2.19. The van der Waals surface area contributed by atoms with Gasteiger partial charge in [-0.25, -0.2) is 9.37 Å². The van der Waals surface area contributed by atoms with Crippen LogP contribution in [0.2, 0.25) is 0 Å². The molecule has 0 fully saturated rings. The smallest absolute Gasteiger partial charge is 0.234 e. The summed E-state index contributed by atoms with van der Waals surface area (Å²) in [7, 11) is 3.63. The van der Waals surface area contributed by atoms with Gasteiger partial charge in [0.25, 0.3) is 0 Å². The minimum atomic E-state index is -0.462. The van der Waals surface area contributed by atoms with E-state index in [0.29, 0.717) is 12.1 Å². The molecule has 0 unspecified atom stereocenters. The van der Waals surface area contributed by atoms with Gasteiger partial charge in [-0.2, -0.15) is 0 Å². The lowest BCUT2D eigenvalue weighted by molar-refractivity contribution is -0.121. The molecule has 22 heavy (non-hydrogen) atoms. The van der Waals surface area contributed by atoms with E-state index in [9.17, 15) is 9.18 Å². The zero-order valence-electron chi connectivity index (χ0n) is 12.5. The fourth-order valence-corrected chi connectivity index (χ4v) is 1.82. The quantitative estimate of drug-likeness (QED) is 0.889. The minimum Gasteiger partial charge on any atom is -0.436 e. The standard InChI is InChI=1S/C16H18FN3O2/c1-20(2)11-15(21)19-10-12-6-5-9-18-16(12)22-14-8-4-3-7-13(14)17/h3-9H,10-11H2,1-2H3,(H,19,21). The fourth-order valence-electron chi connectivity index (χ4n) is 1.82. The molecule has 1 heterocycles. The number of benzene rings is 1. The lowest BCUT2D eigenvalue weighted by atomic mass is 10.2. The average molecular weight is 303 g/mol. The average Bonchev–Trinajstić information content (AvgIpc) is 2.48. The molecule has 1 aromatic heterocycles. The van der Waals surface area contributed by atoms with E-state index in [4.69, 9.17) is 4.74 Å². The number of ether oxygens (including phenoxy) is 1. The molecule has 0 bridgehead atoms. The first-order valence-corrected chi connectivity index (χ1v) is 6.84. The Bertz CT molecular complexity index is 647. The van der Waals surface area contributed by atoms with Crippen molar-refractivity contribution in [2.75, 3.05) is 20.6 Å². The summed E-state index contributed by atoms with van der Waals surface area (Å²) in [5.41, 5.74) is 0.679. The molecular formula is C16H18FN3O2. The number of rotatable bonds is 6. The predicted molar refractivity (Wildman–Crippen MR) is 81.1 cm³/mol. The van der Waals surface area contributed by atoms with Crippen molar-refractivity contribution in [3.05, 3.63) is 54.0 Å². The first-order chi connectivity index (χ1) is 10.6. The van der Waals surface area contributed by atoms with Gasteiger partial charge in [0.05, 0.1) is 6.54 Å². The van der Waals surface area contributed by atoms with E-state index in [1.165, 1.54) is 12.1 Å². The molecule has 0 spiro atoms. The summed E-state index contributed by atoms with van der Waals surface area (Å²) in [4.78, 5) is 17.6. The van der Waals surface area contributed by atoms with Crippen molar-refractivity contribution in [3.8, 4) is 11.6 Å². The second-order valence-corrected chi connectivity index (χ2v) is 5.01. The van der Waals surface area contributed by atoms with E-state index in [-0.39, 0.29) is 24.1 Å². The molecule has 0 saturated carbocycles. The number of nitrogens with zero attached hydrogens (tertiary/aromatic N) is 2. The summed E-state index contributed by atoms with van der Waals surface area (Å²) in [6, 6.07) is 9.62. The molecule has 2 aromatic rings. The van der Waals surface area contributed by atoms with E-state index in [2.05, 4.69) is 10.3 Å². The Balaban J connectivity index is 2.07. The SMILES string of the molecule is CN(C)CC(=O)NCc1cccnc1Oc1ccccc1F. The molecule has 1 N–H and O–H groups in total. The summed E-state index contributed by atoms with van der Waals surface area (Å²) < 4.78 is 19.1. The Hall–Kier alpha value is -2.47. The lowest BCUT2D eigenvalue weighted by Crippen LogP contribution is -2.32. The van der Waals surface area contributed by atoms with Crippen LogP contribution in [-0.2, 0) is 11.3 Å². The zero-order chi connectivity index (χ0) is 15.9. The number of pyridine rings is 1. The van der Waals surface area contributed by atoms with E-state index in [1.54, 1.807) is 35.4 Å². The number of halogens is 1. The van der Waals surface area contributed by atoms with Gasteiger partial charge in [0.2, 0.25) is 11.8 Å². The molecule has 5 nitrogen and oxygen atoms in total. The van der Waals surface area contributed by atoms with Gasteiger partial charge in [-0.3, -0.25) is 4.79 Å². The van der Waals surface area contributed by atoms with Crippen LogP contribution in [0.25, 0.3) is 0 Å². The van der Waals surface area contributed by atoms with Gasteiger partial charge in [0.1, 0.15) is 0 Å². The van der Waals surface area contributed by atoms with Crippen molar-refractivity contribution in [3.63, 3.8) is 0 Å². The van der Waals surface area contributed by atoms with Crippen LogP contribution < -0.4 is 10.1 Å². The number of carbonyl (C=O) groups excluding carboxylic acids is 1. The Morgan fingerprint density at radius 1 is 1.27 bits per heavy atom. The Labute approximate surface area is 128 Å². The fraction of sp³-hybridized carbons (Fsp3) is 0.250. The summed E-state index contributed by atoms with van der Waals surface area (Å²) in [6.07, 6.45) is 1.56. The van der Waals surface area contributed by atoms with Gasteiger partial charge in [0, 0.05) is 18.3 Å². The molecule has 0 saturated heterocycles. The van der Waals surface area contributed by atoms with E-state index < -0.39 is 5.82 Å². The second-order valence-electron chi connectivity index (χ2n) is 5.01. The van der Waals surface area contributed by atoms with Crippen LogP contribution in [0.3, 0.4) is 0 Å². The third kappa shape index (κ3) is 4.53. The van der Waals surface area contributed by atoms with Crippen LogP contribution in [0.1, 0.15) is 5.56 Å². The highest BCUT2D eigenvalue weighted by Crippen LogP contribution is 2.25. The second kappa shape index (κ2) is 7.51. The number of likely N-dealkylation sites (N-methyl/N-ethyl adjacent to an activating group) is 1. The van der Waals surface area contributed by atoms with Gasteiger partial charge < -0.3 is 15.0 Å². The molecular weight excluding hydrogens is 285 g/mol. The van der Waals surface area contributed by atoms with Crippen LogP contribution in [0.4, 0.5) is 4.39 Å². The molecule has 116 valence electrons. The maximum absolute atomic E-state index is 13.6. The molecule has 6 heteroatoms. The van der Waals surface area contributed by atoms with Gasteiger partial charge in [-0.05, 0) is 32.3 Å². The molecule has 0 aliphatic carbocycles. The summed E-state index contributed by atoms with van der Waals surface area (Å²) >= 11 is 0. The monoisotopic (exact) mass is 303 g/mol. The van der Waals surface area contributed by atoms with Crippen molar-refractivity contribution in [2.45, 2.75) is 6.54 Å². The molecule has 0 radical (unpaired) electrons. The first kappa shape index (κ1) is 15.9. The maximum atomic E-state index is 13.6. The highest BCUT2D eigenvalue weighted by Gasteiger charge is 2.10. The van der Waals surface area contributed by atoms with Crippen molar-refractivity contribution < 1.29 is 13.9 Å². The van der Waals surface area contributed by atoms with Crippen LogP contribution in [-0.4, -0.2) is 36.4 Å². The minimum absolute atomic E-state index is 0.0991. The van der Waals surface area contributed by atoms with E-state index in [0.717, 1.165) is 0 Å². The van der Waals surface area contributed by atoms with E-state index >= 15 is 0 Å². The summed E-state index contributed by atoms with van der Waals surface area (Å²) in [5, 5.41) is 2.78. The molecule has 0 aliphatic heterocycles. The highest BCUT2D eigenvalue weighted by atomic mass is 19.1. The van der Waals surface area contributed by atoms with Gasteiger partial charge in [-0.15, -0.1) is 0 Å². The van der Waals surface area contributed by atoms with Crippen LogP contribution in [0.15, 0.2) is 42.6 Å². The topological polar surface area (TPSA) is 54.5 Å². The number of aromatic nitrogens is 1. The Kier molecular flexibility index (Phi) is 5.43. The van der Waals surface area contributed by atoms with Crippen LogP contribution >= 0.6 is 0 Å². The summed E-state index contributed by atoms with van der Waals surface area (Å²) in [6.45, 7) is 0.564. The third-order valence-corrected chi connectivity index (χ3v) is 2.83. The number of carbonyl (C=O) groups is 1. The highest BCUT2D eigenvalue weighted by molar-refractivity contribution is 5.77. The molecule has 0 aliphatic rings. The third-order valence-electron chi connectivity index (χ3n) is 2.83. The molecule has 2 rings (SSSR count). The van der Waals surface area contributed by atoms with Crippen molar-refractivity contribution >= 4 is 5.91 Å².